The summed E-state index contributed by atoms with van der Waals surface area (Å²) in [6.45, 7) is 8.15. The van der Waals surface area contributed by atoms with Gasteiger partial charge in [0, 0.05) is 0 Å². The molecule has 0 aliphatic carbocycles. The van der Waals surface area contributed by atoms with E-state index in [9.17, 15) is 4.79 Å². The first-order valence-electron chi connectivity index (χ1n) is 5.79. The summed E-state index contributed by atoms with van der Waals surface area (Å²) in [7, 11) is 0. The van der Waals surface area contributed by atoms with E-state index >= 15 is 0 Å². The van der Waals surface area contributed by atoms with Crippen molar-refractivity contribution in [3.05, 3.63) is 0 Å². The van der Waals surface area contributed by atoms with Crippen LogP contribution >= 0.6 is 0 Å². The van der Waals surface area contributed by atoms with Gasteiger partial charge in [-0.1, -0.05) is 0 Å². The Morgan fingerprint density at radius 1 is 1.00 bits per heavy atom. The van der Waals surface area contributed by atoms with Gasteiger partial charge in [0.15, 0.2) is 0 Å². The zero-order valence-electron chi connectivity index (χ0n) is 10.1. The molecule has 0 aromatic rings. The fourth-order valence-electron chi connectivity index (χ4n) is 2.20. The Hall–Kier alpha value is 0.269. The first kappa shape index (κ1) is 14.3. The second kappa shape index (κ2) is 7.55. The maximum absolute atomic E-state index is 11.1. The van der Waals surface area contributed by atoms with Crippen molar-refractivity contribution < 1.29 is 7.87 Å². The number of rotatable bonds is 7. The molecule has 0 aliphatic rings. The number of carbonyl (C=O) groups excluding carboxylic acids is 1. The summed E-state index contributed by atoms with van der Waals surface area (Å²) in [5, 5.41) is 0. The zero-order valence-corrected chi connectivity index (χ0v) is 12.9. The Bertz CT molecular complexity index is 152. The van der Waals surface area contributed by atoms with Gasteiger partial charge < -0.3 is 0 Å². The van der Waals surface area contributed by atoms with Crippen LogP contribution in [0.3, 0.4) is 0 Å². The first-order chi connectivity index (χ1) is 6.60. The Kier molecular flexibility index (Phi) is 7.69. The molecule has 0 rings (SSSR count). The predicted molar refractivity (Wildman–Crippen MR) is 62.8 cm³/mol. The van der Waals surface area contributed by atoms with Gasteiger partial charge in [0.1, 0.15) is 0 Å². The van der Waals surface area contributed by atoms with E-state index in [1.54, 1.807) is 6.92 Å². The van der Waals surface area contributed by atoms with E-state index in [4.69, 9.17) is 3.07 Å². The maximum atomic E-state index is 11.1. The van der Waals surface area contributed by atoms with Gasteiger partial charge in [0.05, 0.1) is 0 Å². The van der Waals surface area contributed by atoms with Crippen LogP contribution in [0.25, 0.3) is 0 Å². The predicted octanol–water partition coefficient (Wildman–Crippen LogP) is 3.73. The summed E-state index contributed by atoms with van der Waals surface area (Å²) in [6.07, 6.45) is 3.51. The quantitative estimate of drug-likeness (QED) is 0.670. The molecule has 0 bridgehead atoms. The Morgan fingerprint density at radius 3 is 1.57 bits per heavy atom. The third-order valence-electron chi connectivity index (χ3n) is 2.48. The van der Waals surface area contributed by atoms with E-state index in [1.165, 1.54) is 32.6 Å². The van der Waals surface area contributed by atoms with Gasteiger partial charge >= 0.3 is 92.9 Å². The SMILES string of the molecule is CC[CH2][Sn]([CH2]CC)([CH2]CC)[O]C(C)=O. The molecular weight excluding hydrogens is 283 g/mol. The topological polar surface area (TPSA) is 26.3 Å². The van der Waals surface area contributed by atoms with E-state index < -0.39 is 18.8 Å². The minimum atomic E-state index is -2.49. The summed E-state index contributed by atoms with van der Waals surface area (Å²) in [6, 6.07) is 0. The third kappa shape index (κ3) is 5.22. The number of carbonyl (C=O) groups is 1. The molecule has 84 valence electrons. The third-order valence-corrected chi connectivity index (χ3v) is 16.6. The molecule has 2 nitrogen and oxygen atoms in total. The average Bonchev–Trinajstić information content (AvgIpc) is 2.03. The van der Waals surface area contributed by atoms with E-state index in [1.807, 2.05) is 0 Å². The Balaban J connectivity index is 4.45. The normalized spacial score (nSPS) is 11.4. The average molecular weight is 307 g/mol. The van der Waals surface area contributed by atoms with Crippen LogP contribution in [0.4, 0.5) is 0 Å². The van der Waals surface area contributed by atoms with E-state index in [2.05, 4.69) is 20.8 Å². The molecule has 0 unspecified atom stereocenters. The molecule has 0 aliphatic heterocycles. The van der Waals surface area contributed by atoms with Gasteiger partial charge in [-0.15, -0.1) is 0 Å². The van der Waals surface area contributed by atoms with E-state index in [0.717, 1.165) is 0 Å². The van der Waals surface area contributed by atoms with Crippen LogP contribution < -0.4 is 0 Å². The van der Waals surface area contributed by atoms with Gasteiger partial charge in [-0.3, -0.25) is 0 Å². The Morgan fingerprint density at radius 2 is 1.36 bits per heavy atom. The molecule has 14 heavy (non-hydrogen) atoms. The molecule has 0 saturated carbocycles. The molecule has 0 fully saturated rings. The summed E-state index contributed by atoms with van der Waals surface area (Å²) in [5.41, 5.74) is 0. The van der Waals surface area contributed by atoms with Crippen molar-refractivity contribution in [1.82, 2.24) is 0 Å². The molecule has 0 radical (unpaired) electrons. The van der Waals surface area contributed by atoms with Crippen molar-refractivity contribution in [2.45, 2.75) is 60.3 Å². The molecular formula is C11H24O2Sn. The van der Waals surface area contributed by atoms with Crippen LogP contribution in [-0.2, 0) is 7.87 Å². The fraction of sp³-hybridized carbons (Fsp3) is 0.909. The van der Waals surface area contributed by atoms with Crippen molar-refractivity contribution in [2.75, 3.05) is 0 Å². The second-order valence-electron chi connectivity index (χ2n) is 4.03. The van der Waals surface area contributed by atoms with Crippen LogP contribution in [0.5, 0.6) is 0 Å². The standard InChI is InChI=1S/3C3H7.C2H4O2.Sn/c3*1-3-2;1-2(3)4;/h3*1,3H2,2H3;1H3,(H,3,4);/q;;;;+1/p-1. The van der Waals surface area contributed by atoms with Crippen molar-refractivity contribution in [2.24, 2.45) is 0 Å². The van der Waals surface area contributed by atoms with Crippen molar-refractivity contribution in [1.29, 1.82) is 0 Å². The summed E-state index contributed by atoms with van der Waals surface area (Å²) in [5.74, 6) is -0.0452. The molecule has 0 aromatic carbocycles. The minimum absolute atomic E-state index is 0.0452. The second-order valence-corrected chi connectivity index (χ2v) is 15.6. The van der Waals surface area contributed by atoms with Crippen LogP contribution in [0.2, 0.25) is 13.3 Å². The molecule has 0 heterocycles. The van der Waals surface area contributed by atoms with E-state index in [0.29, 0.717) is 0 Å². The first-order valence-corrected chi connectivity index (χ1v) is 13.0. The van der Waals surface area contributed by atoms with Crippen LogP contribution in [0.1, 0.15) is 47.0 Å². The van der Waals surface area contributed by atoms with Gasteiger partial charge in [0.25, 0.3) is 0 Å². The molecule has 0 spiro atoms. The Labute approximate surface area is 92.8 Å². The summed E-state index contributed by atoms with van der Waals surface area (Å²) >= 11 is -2.49. The number of hydrogen-bond acceptors (Lipinski definition) is 2. The summed E-state index contributed by atoms with van der Waals surface area (Å²) < 4.78 is 9.34. The molecule has 0 amide bonds. The van der Waals surface area contributed by atoms with Crippen molar-refractivity contribution >= 4 is 24.8 Å². The van der Waals surface area contributed by atoms with E-state index in [-0.39, 0.29) is 5.97 Å². The molecule has 0 atom stereocenters. The van der Waals surface area contributed by atoms with Crippen molar-refractivity contribution in [3.8, 4) is 0 Å². The summed E-state index contributed by atoms with van der Waals surface area (Å²) in [4.78, 5) is 11.1. The van der Waals surface area contributed by atoms with Crippen LogP contribution in [0.15, 0.2) is 0 Å². The zero-order chi connectivity index (χ0) is 11.0. The molecule has 0 N–H and O–H groups in total. The van der Waals surface area contributed by atoms with Crippen LogP contribution in [-0.4, -0.2) is 24.8 Å². The van der Waals surface area contributed by atoms with Gasteiger partial charge in [-0.05, 0) is 0 Å². The monoisotopic (exact) mass is 308 g/mol. The van der Waals surface area contributed by atoms with Gasteiger partial charge in [-0.25, -0.2) is 0 Å². The molecule has 0 saturated heterocycles. The fourth-order valence-corrected chi connectivity index (χ4v) is 14.8. The molecule has 3 heteroatoms. The van der Waals surface area contributed by atoms with Gasteiger partial charge in [-0.2, -0.15) is 0 Å². The molecule has 0 aromatic heterocycles. The van der Waals surface area contributed by atoms with Crippen molar-refractivity contribution in [3.63, 3.8) is 0 Å². The number of hydrogen-bond donors (Lipinski definition) is 0. The van der Waals surface area contributed by atoms with Gasteiger partial charge in [0.2, 0.25) is 0 Å². The van der Waals surface area contributed by atoms with Crippen LogP contribution in [0, 0.1) is 0 Å².